The number of benzene rings is 1. The van der Waals surface area contributed by atoms with E-state index in [4.69, 9.17) is 0 Å². The maximum atomic E-state index is 12.1. The third-order valence-electron chi connectivity index (χ3n) is 4.48. The minimum absolute atomic E-state index is 0.0450. The Morgan fingerprint density at radius 2 is 1.88 bits per heavy atom. The number of amides is 2. The highest BCUT2D eigenvalue weighted by atomic mass is 16.6. The van der Waals surface area contributed by atoms with Crippen LogP contribution in [0.5, 0.6) is 0 Å². The van der Waals surface area contributed by atoms with E-state index in [0.29, 0.717) is 31.6 Å². The highest BCUT2D eigenvalue weighted by Gasteiger charge is 2.29. The summed E-state index contributed by atoms with van der Waals surface area (Å²) in [5.74, 6) is -0.277. The molecule has 1 heterocycles. The maximum Gasteiger partial charge on any atom is 0.293 e. The van der Waals surface area contributed by atoms with Crippen molar-refractivity contribution in [2.45, 2.75) is 32.7 Å². The molecule has 1 aromatic rings. The predicted octanol–water partition coefficient (Wildman–Crippen LogP) is 2.04. The highest BCUT2D eigenvalue weighted by molar-refractivity contribution is 5.96. The molecule has 8 heteroatoms. The first-order chi connectivity index (χ1) is 12.2. The Balaban J connectivity index is 2.18. The van der Waals surface area contributed by atoms with Gasteiger partial charge in [-0.3, -0.25) is 19.7 Å². The molecule has 1 aromatic carbocycles. The monoisotopic (exact) mass is 362 g/mol. The van der Waals surface area contributed by atoms with Crippen molar-refractivity contribution in [3.05, 3.63) is 33.9 Å². The molecule has 0 radical (unpaired) electrons. The molecule has 0 spiro atoms. The highest BCUT2D eigenvalue weighted by Crippen LogP contribution is 2.32. The fourth-order valence-corrected chi connectivity index (χ4v) is 3.16. The zero-order valence-corrected chi connectivity index (χ0v) is 15.7. The summed E-state index contributed by atoms with van der Waals surface area (Å²) in [4.78, 5) is 38.7. The van der Waals surface area contributed by atoms with Crippen LogP contribution in [0.25, 0.3) is 0 Å². The van der Waals surface area contributed by atoms with E-state index in [1.165, 1.54) is 6.07 Å². The minimum Gasteiger partial charge on any atom is -0.366 e. The number of piperidine rings is 1. The number of nitrogens with zero attached hydrogens (tertiary/aromatic N) is 3. The number of nitrogens with one attached hydrogen (secondary N) is 1. The second kappa shape index (κ2) is 8.16. The van der Waals surface area contributed by atoms with Crippen molar-refractivity contribution >= 4 is 23.2 Å². The Bertz CT molecular complexity index is 694. The summed E-state index contributed by atoms with van der Waals surface area (Å²) in [5.41, 5.74) is 0.678. The van der Waals surface area contributed by atoms with E-state index in [0.717, 1.165) is 0 Å². The van der Waals surface area contributed by atoms with Crippen LogP contribution in [0.4, 0.5) is 11.4 Å². The molecule has 2 amide bonds. The first-order valence-corrected chi connectivity index (χ1v) is 8.76. The van der Waals surface area contributed by atoms with Gasteiger partial charge in [0.15, 0.2) is 0 Å². The van der Waals surface area contributed by atoms with Crippen LogP contribution in [0.15, 0.2) is 18.2 Å². The topological polar surface area (TPSA) is 95.8 Å². The third-order valence-corrected chi connectivity index (χ3v) is 4.48. The van der Waals surface area contributed by atoms with E-state index in [9.17, 15) is 19.7 Å². The Kier molecular flexibility index (Phi) is 6.18. The first kappa shape index (κ1) is 19.7. The molecule has 0 saturated carbocycles. The van der Waals surface area contributed by atoms with Gasteiger partial charge in [-0.2, -0.15) is 0 Å². The van der Waals surface area contributed by atoms with Gasteiger partial charge in [-0.15, -0.1) is 0 Å². The minimum atomic E-state index is -0.460. The predicted molar refractivity (Wildman–Crippen MR) is 99.3 cm³/mol. The van der Waals surface area contributed by atoms with Crippen molar-refractivity contribution in [3.63, 3.8) is 0 Å². The molecular weight excluding hydrogens is 336 g/mol. The van der Waals surface area contributed by atoms with Crippen LogP contribution in [0.3, 0.4) is 0 Å². The van der Waals surface area contributed by atoms with Gasteiger partial charge in [0.1, 0.15) is 5.69 Å². The second-order valence-corrected chi connectivity index (χ2v) is 7.08. The molecule has 1 aliphatic heterocycles. The average Bonchev–Trinajstić information content (AvgIpc) is 2.60. The smallest absolute Gasteiger partial charge is 0.293 e. The number of hydrogen-bond donors (Lipinski definition) is 1. The summed E-state index contributed by atoms with van der Waals surface area (Å²) in [5, 5.41) is 14.2. The molecule has 0 unspecified atom stereocenters. The summed E-state index contributed by atoms with van der Waals surface area (Å²) in [7, 11) is 3.47. The van der Waals surface area contributed by atoms with E-state index in [1.54, 1.807) is 31.1 Å². The molecule has 0 bridgehead atoms. The van der Waals surface area contributed by atoms with Gasteiger partial charge in [0, 0.05) is 50.8 Å². The van der Waals surface area contributed by atoms with Crippen LogP contribution in [0, 0.1) is 16.0 Å². The number of nitro groups is 1. The summed E-state index contributed by atoms with van der Waals surface area (Å²) >= 11 is 0. The van der Waals surface area contributed by atoms with Gasteiger partial charge in [0.2, 0.25) is 5.91 Å². The second-order valence-electron chi connectivity index (χ2n) is 7.08. The lowest BCUT2D eigenvalue weighted by Crippen LogP contribution is -2.40. The molecule has 1 aliphatic rings. The molecule has 8 nitrogen and oxygen atoms in total. The van der Waals surface area contributed by atoms with E-state index in [2.05, 4.69) is 5.32 Å². The molecule has 0 aliphatic carbocycles. The maximum absolute atomic E-state index is 12.1. The molecule has 142 valence electrons. The van der Waals surface area contributed by atoms with E-state index < -0.39 is 4.92 Å². The van der Waals surface area contributed by atoms with Gasteiger partial charge < -0.3 is 15.1 Å². The van der Waals surface area contributed by atoms with Crippen molar-refractivity contribution in [1.29, 1.82) is 0 Å². The fraction of sp³-hybridized carbons (Fsp3) is 0.556. The summed E-state index contributed by atoms with van der Waals surface area (Å²) < 4.78 is 0. The van der Waals surface area contributed by atoms with Crippen LogP contribution < -0.4 is 10.2 Å². The Labute approximate surface area is 153 Å². The largest absolute Gasteiger partial charge is 0.366 e. The zero-order chi connectivity index (χ0) is 19.4. The standard InChI is InChI=1S/C18H26N4O4/c1-12(2)19-17(23)14-5-6-15(16(11-14)22(25)26)21-9-7-13(8-10-21)18(24)20(3)4/h5-6,11-13H,7-10H2,1-4H3,(H,19,23). The van der Waals surface area contributed by atoms with Crippen molar-refractivity contribution < 1.29 is 14.5 Å². The molecule has 0 aromatic heterocycles. The number of carbonyl (C=O) groups is 2. The molecule has 1 N–H and O–H groups in total. The lowest BCUT2D eigenvalue weighted by molar-refractivity contribution is -0.384. The van der Waals surface area contributed by atoms with Crippen molar-refractivity contribution in [2.75, 3.05) is 32.1 Å². The van der Waals surface area contributed by atoms with E-state index in [-0.39, 0.29) is 35.0 Å². The molecule has 2 rings (SSSR count). The summed E-state index contributed by atoms with van der Waals surface area (Å²) in [6.07, 6.45) is 1.31. The van der Waals surface area contributed by atoms with Gasteiger partial charge in [-0.25, -0.2) is 0 Å². The molecule has 1 saturated heterocycles. The molecule has 0 atom stereocenters. The summed E-state index contributed by atoms with van der Waals surface area (Å²) in [6.45, 7) is 4.81. The Morgan fingerprint density at radius 3 is 2.38 bits per heavy atom. The van der Waals surface area contributed by atoms with E-state index >= 15 is 0 Å². The van der Waals surface area contributed by atoms with Gasteiger partial charge >= 0.3 is 0 Å². The van der Waals surface area contributed by atoms with E-state index in [1.807, 2.05) is 18.7 Å². The van der Waals surface area contributed by atoms with Crippen LogP contribution in [0.1, 0.15) is 37.0 Å². The lowest BCUT2D eigenvalue weighted by Gasteiger charge is -2.33. The van der Waals surface area contributed by atoms with Gasteiger partial charge in [0.25, 0.3) is 11.6 Å². The number of anilines is 1. The summed E-state index contributed by atoms with van der Waals surface area (Å²) in [6, 6.07) is 4.51. The van der Waals surface area contributed by atoms with Crippen molar-refractivity contribution in [3.8, 4) is 0 Å². The molecule has 1 fully saturated rings. The van der Waals surface area contributed by atoms with Crippen molar-refractivity contribution in [1.82, 2.24) is 10.2 Å². The normalized spacial score (nSPS) is 15.0. The van der Waals surface area contributed by atoms with Gasteiger partial charge in [-0.05, 0) is 38.8 Å². The van der Waals surface area contributed by atoms with Crippen LogP contribution in [-0.2, 0) is 4.79 Å². The lowest BCUT2D eigenvalue weighted by atomic mass is 9.95. The third kappa shape index (κ3) is 4.50. The number of nitro benzene ring substituents is 1. The Hall–Kier alpha value is -2.64. The molecule has 26 heavy (non-hydrogen) atoms. The van der Waals surface area contributed by atoms with Crippen LogP contribution in [-0.4, -0.2) is 54.9 Å². The Morgan fingerprint density at radius 1 is 1.27 bits per heavy atom. The van der Waals surface area contributed by atoms with Gasteiger partial charge in [0.05, 0.1) is 4.92 Å². The van der Waals surface area contributed by atoms with Crippen molar-refractivity contribution in [2.24, 2.45) is 5.92 Å². The SMILES string of the molecule is CC(C)NC(=O)c1ccc(N2CCC(C(=O)N(C)C)CC2)c([N+](=O)[O-])c1. The van der Waals surface area contributed by atoms with Gasteiger partial charge in [-0.1, -0.05) is 0 Å². The number of rotatable bonds is 5. The number of hydrogen-bond acceptors (Lipinski definition) is 5. The average molecular weight is 362 g/mol. The fourth-order valence-electron chi connectivity index (χ4n) is 3.16. The zero-order valence-electron chi connectivity index (χ0n) is 15.7. The molecular formula is C18H26N4O4. The number of carbonyl (C=O) groups excluding carboxylic acids is 2. The van der Waals surface area contributed by atoms with Crippen LogP contribution >= 0.6 is 0 Å². The van der Waals surface area contributed by atoms with Crippen LogP contribution in [0.2, 0.25) is 0 Å². The first-order valence-electron chi connectivity index (χ1n) is 8.76. The quantitative estimate of drug-likeness (QED) is 0.639.